The monoisotopic (exact) mass is 242 g/mol. The molecule has 0 saturated heterocycles. The van der Waals surface area contributed by atoms with Crippen LogP contribution in [0.15, 0.2) is 24.5 Å². The molecule has 0 saturated carbocycles. The lowest BCUT2D eigenvalue weighted by atomic mass is 10.1. The normalized spacial score (nSPS) is 15.7. The highest BCUT2D eigenvalue weighted by molar-refractivity contribution is 7.91. The Kier molecular flexibility index (Phi) is 4.44. The molecule has 0 aliphatic heterocycles. The number of hydrogen-bond donors (Lipinski definition) is 1. The van der Waals surface area contributed by atoms with Crippen LogP contribution in [-0.2, 0) is 9.84 Å². The highest BCUT2D eigenvalue weighted by Gasteiger charge is 2.26. The SMILES string of the molecule is CCNC(c1cccnc1)C(C)S(C)(=O)=O. The van der Waals surface area contributed by atoms with E-state index in [1.165, 1.54) is 6.26 Å². The summed E-state index contributed by atoms with van der Waals surface area (Å²) in [6.07, 6.45) is 4.64. The number of nitrogens with one attached hydrogen (secondary N) is 1. The summed E-state index contributed by atoms with van der Waals surface area (Å²) in [4.78, 5) is 4.02. The van der Waals surface area contributed by atoms with Gasteiger partial charge in [-0.25, -0.2) is 8.42 Å². The molecule has 0 radical (unpaired) electrons. The first-order valence-electron chi connectivity index (χ1n) is 5.29. The Bertz CT molecular complexity index is 417. The second kappa shape index (κ2) is 5.41. The minimum absolute atomic E-state index is 0.200. The summed E-state index contributed by atoms with van der Waals surface area (Å²) in [5.74, 6) is 0. The van der Waals surface area contributed by atoms with Crippen LogP contribution >= 0.6 is 0 Å². The molecule has 5 heteroatoms. The van der Waals surface area contributed by atoms with Gasteiger partial charge in [0, 0.05) is 18.6 Å². The third-order valence-corrected chi connectivity index (χ3v) is 4.24. The van der Waals surface area contributed by atoms with Crippen molar-refractivity contribution in [3.8, 4) is 0 Å². The molecule has 1 N–H and O–H groups in total. The molecule has 0 aliphatic carbocycles. The summed E-state index contributed by atoms with van der Waals surface area (Å²) < 4.78 is 23.1. The summed E-state index contributed by atoms with van der Waals surface area (Å²) >= 11 is 0. The molecule has 2 atom stereocenters. The molecule has 1 aromatic rings. The van der Waals surface area contributed by atoms with Crippen molar-refractivity contribution in [1.82, 2.24) is 10.3 Å². The molecule has 0 spiro atoms. The van der Waals surface area contributed by atoms with Gasteiger partial charge in [0.2, 0.25) is 0 Å². The maximum Gasteiger partial charge on any atom is 0.151 e. The Hall–Kier alpha value is -0.940. The molecule has 0 amide bonds. The number of rotatable bonds is 5. The van der Waals surface area contributed by atoms with E-state index < -0.39 is 15.1 Å². The standard InChI is InChI=1S/C11H18N2O2S/c1-4-13-11(9(2)16(3,14)15)10-6-5-7-12-8-10/h5-9,11,13H,4H2,1-3H3. The van der Waals surface area contributed by atoms with Crippen molar-refractivity contribution in [3.63, 3.8) is 0 Å². The fraction of sp³-hybridized carbons (Fsp3) is 0.545. The molecular formula is C11H18N2O2S. The van der Waals surface area contributed by atoms with E-state index in [2.05, 4.69) is 10.3 Å². The largest absolute Gasteiger partial charge is 0.309 e. The predicted octanol–water partition coefficient (Wildman–Crippen LogP) is 1.17. The van der Waals surface area contributed by atoms with Gasteiger partial charge in [-0.05, 0) is 25.1 Å². The van der Waals surface area contributed by atoms with E-state index in [1.54, 1.807) is 19.3 Å². The van der Waals surface area contributed by atoms with Crippen molar-refractivity contribution in [2.24, 2.45) is 0 Å². The molecule has 1 rings (SSSR count). The minimum atomic E-state index is -3.06. The number of hydrogen-bond acceptors (Lipinski definition) is 4. The van der Waals surface area contributed by atoms with Gasteiger partial charge in [0.05, 0.1) is 11.3 Å². The van der Waals surface area contributed by atoms with Crippen molar-refractivity contribution >= 4 is 9.84 Å². The minimum Gasteiger partial charge on any atom is -0.309 e. The molecule has 0 bridgehead atoms. The Morgan fingerprint density at radius 1 is 1.50 bits per heavy atom. The average Bonchev–Trinajstić information content (AvgIpc) is 2.25. The maximum atomic E-state index is 11.6. The van der Waals surface area contributed by atoms with Gasteiger partial charge in [0.1, 0.15) is 0 Å². The summed E-state index contributed by atoms with van der Waals surface area (Å²) in [5.41, 5.74) is 0.905. The topological polar surface area (TPSA) is 59.1 Å². The fourth-order valence-corrected chi connectivity index (χ4v) is 2.33. The third-order valence-electron chi connectivity index (χ3n) is 2.61. The van der Waals surface area contributed by atoms with Gasteiger partial charge < -0.3 is 5.32 Å². The molecule has 1 heterocycles. The summed E-state index contributed by atoms with van der Waals surface area (Å²) in [7, 11) is -3.06. The fourth-order valence-electron chi connectivity index (χ4n) is 1.58. The van der Waals surface area contributed by atoms with Gasteiger partial charge in [0.25, 0.3) is 0 Å². The van der Waals surface area contributed by atoms with Crippen molar-refractivity contribution in [2.45, 2.75) is 25.1 Å². The van der Waals surface area contributed by atoms with E-state index in [0.29, 0.717) is 0 Å². The molecule has 1 aromatic heterocycles. The number of sulfone groups is 1. The Morgan fingerprint density at radius 2 is 2.19 bits per heavy atom. The first-order valence-corrected chi connectivity index (χ1v) is 7.24. The van der Waals surface area contributed by atoms with Gasteiger partial charge in [-0.3, -0.25) is 4.98 Å². The second-order valence-corrected chi connectivity index (χ2v) is 6.26. The highest BCUT2D eigenvalue weighted by atomic mass is 32.2. The average molecular weight is 242 g/mol. The van der Waals surface area contributed by atoms with Crippen LogP contribution in [-0.4, -0.2) is 31.5 Å². The highest BCUT2D eigenvalue weighted by Crippen LogP contribution is 2.20. The van der Waals surface area contributed by atoms with Crippen LogP contribution in [0.3, 0.4) is 0 Å². The van der Waals surface area contributed by atoms with Crippen LogP contribution in [0.1, 0.15) is 25.5 Å². The van der Waals surface area contributed by atoms with Gasteiger partial charge in [0.15, 0.2) is 9.84 Å². The number of pyridine rings is 1. The lowest BCUT2D eigenvalue weighted by molar-refractivity contribution is 0.512. The van der Waals surface area contributed by atoms with E-state index >= 15 is 0 Å². The third kappa shape index (κ3) is 3.28. The molecule has 0 aliphatic rings. The van der Waals surface area contributed by atoms with E-state index in [9.17, 15) is 8.42 Å². The molecule has 16 heavy (non-hydrogen) atoms. The molecule has 0 aromatic carbocycles. The Labute approximate surface area is 97.0 Å². The van der Waals surface area contributed by atoms with E-state index in [-0.39, 0.29) is 6.04 Å². The van der Waals surface area contributed by atoms with Gasteiger partial charge in [-0.15, -0.1) is 0 Å². The number of aromatic nitrogens is 1. The van der Waals surface area contributed by atoms with Crippen molar-refractivity contribution < 1.29 is 8.42 Å². The van der Waals surface area contributed by atoms with Gasteiger partial charge in [-0.1, -0.05) is 13.0 Å². The zero-order chi connectivity index (χ0) is 12.2. The molecule has 0 fully saturated rings. The smallest absolute Gasteiger partial charge is 0.151 e. The van der Waals surface area contributed by atoms with Gasteiger partial charge in [-0.2, -0.15) is 0 Å². The lowest BCUT2D eigenvalue weighted by Crippen LogP contribution is -2.35. The zero-order valence-electron chi connectivity index (χ0n) is 9.84. The zero-order valence-corrected chi connectivity index (χ0v) is 10.7. The van der Waals surface area contributed by atoms with Crippen LogP contribution < -0.4 is 5.32 Å². The molecule has 90 valence electrons. The first-order chi connectivity index (χ1) is 7.46. The molecule has 4 nitrogen and oxygen atoms in total. The van der Waals surface area contributed by atoms with Crippen LogP contribution in [0.4, 0.5) is 0 Å². The summed E-state index contributed by atoms with van der Waals surface area (Å²) in [6, 6.07) is 3.50. The quantitative estimate of drug-likeness (QED) is 0.842. The maximum absolute atomic E-state index is 11.6. The predicted molar refractivity (Wildman–Crippen MR) is 65.0 cm³/mol. The number of nitrogens with zero attached hydrogens (tertiary/aromatic N) is 1. The Morgan fingerprint density at radius 3 is 2.62 bits per heavy atom. The van der Waals surface area contributed by atoms with E-state index in [1.807, 2.05) is 19.1 Å². The summed E-state index contributed by atoms with van der Waals surface area (Å²) in [5, 5.41) is 2.72. The van der Waals surface area contributed by atoms with Crippen molar-refractivity contribution in [3.05, 3.63) is 30.1 Å². The lowest BCUT2D eigenvalue weighted by Gasteiger charge is -2.23. The van der Waals surface area contributed by atoms with E-state index in [0.717, 1.165) is 12.1 Å². The van der Waals surface area contributed by atoms with Crippen LogP contribution in [0, 0.1) is 0 Å². The van der Waals surface area contributed by atoms with E-state index in [4.69, 9.17) is 0 Å². The molecular weight excluding hydrogens is 224 g/mol. The van der Waals surface area contributed by atoms with Gasteiger partial charge >= 0.3 is 0 Å². The van der Waals surface area contributed by atoms with Crippen LogP contribution in [0.5, 0.6) is 0 Å². The van der Waals surface area contributed by atoms with Crippen LogP contribution in [0.2, 0.25) is 0 Å². The Balaban J connectivity index is 3.01. The second-order valence-electron chi connectivity index (χ2n) is 3.86. The summed E-state index contributed by atoms with van der Waals surface area (Å²) in [6.45, 7) is 4.40. The van der Waals surface area contributed by atoms with Crippen LogP contribution in [0.25, 0.3) is 0 Å². The van der Waals surface area contributed by atoms with Crippen molar-refractivity contribution in [1.29, 1.82) is 0 Å². The first kappa shape index (κ1) is 13.1. The van der Waals surface area contributed by atoms with Crippen molar-refractivity contribution in [2.75, 3.05) is 12.8 Å². The molecule has 2 unspecified atom stereocenters.